The van der Waals surface area contributed by atoms with Crippen LogP contribution >= 0.6 is 11.8 Å². The van der Waals surface area contributed by atoms with E-state index in [4.69, 9.17) is 11.2 Å². The van der Waals surface area contributed by atoms with Gasteiger partial charge in [0.1, 0.15) is 0 Å². The summed E-state index contributed by atoms with van der Waals surface area (Å²) in [6.45, 7) is 1.58. The predicted molar refractivity (Wildman–Crippen MR) is 54.5 cm³/mol. The third-order valence-corrected chi connectivity index (χ3v) is 2.96. The Hall–Kier alpha value is -0.460. The third-order valence-electron chi connectivity index (χ3n) is 2.01. The maximum absolute atomic E-state index is 10.7. The van der Waals surface area contributed by atoms with Crippen LogP contribution in [-0.2, 0) is 9.53 Å². The van der Waals surface area contributed by atoms with Crippen molar-refractivity contribution in [1.29, 1.82) is 0 Å². The molecule has 1 rings (SSSR count). The summed E-state index contributed by atoms with van der Waals surface area (Å²) in [7, 11) is 0. The van der Waals surface area contributed by atoms with Gasteiger partial charge in [0.2, 0.25) is 0 Å². The van der Waals surface area contributed by atoms with Crippen LogP contribution in [0.3, 0.4) is 0 Å². The number of carbonyl (C=O) groups is 1. The summed E-state index contributed by atoms with van der Waals surface area (Å²) in [4.78, 5) is 10.7. The Morgan fingerprint density at radius 2 is 2.31 bits per heavy atom. The minimum Gasteiger partial charge on any atom is -0.373 e. The molecule has 1 saturated heterocycles. The quantitative estimate of drug-likeness (QED) is 0.647. The number of hydrogen-bond acceptors (Lipinski definition) is 3. The van der Waals surface area contributed by atoms with Crippen molar-refractivity contribution in [3.05, 3.63) is 0 Å². The average Bonchev–Trinajstić information content (AvgIpc) is 2.50. The number of ether oxygens (including phenoxy) is 1. The number of carbonyl (C=O) groups excluding carboxylic acids is 1. The van der Waals surface area contributed by atoms with Crippen molar-refractivity contribution in [2.24, 2.45) is 0 Å². The van der Waals surface area contributed by atoms with Crippen LogP contribution in [0.25, 0.3) is 0 Å². The Kier molecular flexibility index (Phi) is 4.34. The van der Waals surface area contributed by atoms with E-state index in [9.17, 15) is 4.79 Å². The molecule has 0 N–H and O–H groups in total. The molecule has 1 heterocycles. The van der Waals surface area contributed by atoms with E-state index in [0.29, 0.717) is 6.42 Å². The molecule has 1 aliphatic heterocycles. The minimum atomic E-state index is 0.156. The lowest BCUT2D eigenvalue weighted by Gasteiger charge is -2.10. The fourth-order valence-corrected chi connectivity index (χ4v) is 2.06. The molecule has 0 aromatic carbocycles. The molecule has 2 atom stereocenters. The van der Waals surface area contributed by atoms with E-state index in [1.165, 1.54) is 11.8 Å². The van der Waals surface area contributed by atoms with E-state index in [1.54, 1.807) is 6.92 Å². The van der Waals surface area contributed by atoms with Gasteiger partial charge in [-0.25, -0.2) is 0 Å². The summed E-state index contributed by atoms with van der Waals surface area (Å²) in [6, 6.07) is 0. The highest BCUT2D eigenvalue weighted by atomic mass is 32.2. The monoisotopic (exact) mass is 198 g/mol. The van der Waals surface area contributed by atoms with Crippen LogP contribution in [0.1, 0.15) is 26.2 Å². The molecule has 0 aromatic heterocycles. The molecule has 13 heavy (non-hydrogen) atoms. The highest BCUT2D eigenvalue weighted by molar-refractivity contribution is 8.13. The maximum Gasteiger partial charge on any atom is 0.185 e. The Bertz CT molecular complexity index is 219. The Labute approximate surface area is 83.4 Å². The molecule has 3 heteroatoms. The molecule has 0 aromatic rings. The van der Waals surface area contributed by atoms with Gasteiger partial charge in [-0.3, -0.25) is 4.79 Å². The first-order valence-electron chi connectivity index (χ1n) is 4.44. The fraction of sp³-hybridized carbons (Fsp3) is 0.700. The van der Waals surface area contributed by atoms with E-state index in [1.807, 2.05) is 0 Å². The van der Waals surface area contributed by atoms with Gasteiger partial charge in [-0.2, -0.15) is 0 Å². The normalized spacial score (nSPS) is 27.1. The molecule has 0 aliphatic carbocycles. The Morgan fingerprint density at radius 3 is 2.92 bits per heavy atom. The summed E-state index contributed by atoms with van der Waals surface area (Å²) in [6.07, 6.45) is 8.41. The lowest BCUT2D eigenvalue weighted by molar-refractivity contribution is -0.109. The van der Waals surface area contributed by atoms with Gasteiger partial charge in [-0.15, -0.1) is 12.3 Å². The number of thioether (sulfide) groups is 1. The van der Waals surface area contributed by atoms with Gasteiger partial charge in [-0.1, -0.05) is 11.8 Å². The maximum atomic E-state index is 10.7. The molecule has 0 saturated carbocycles. The fourth-order valence-electron chi connectivity index (χ4n) is 1.39. The Morgan fingerprint density at radius 1 is 1.62 bits per heavy atom. The zero-order chi connectivity index (χ0) is 9.68. The Balaban J connectivity index is 2.18. The second-order valence-electron chi connectivity index (χ2n) is 3.17. The third kappa shape index (κ3) is 3.84. The summed E-state index contributed by atoms with van der Waals surface area (Å²) in [5.74, 6) is 3.37. The summed E-state index contributed by atoms with van der Waals surface area (Å²) < 4.78 is 5.64. The molecule has 1 fully saturated rings. The van der Waals surface area contributed by atoms with Gasteiger partial charge < -0.3 is 4.74 Å². The first-order valence-corrected chi connectivity index (χ1v) is 5.43. The van der Waals surface area contributed by atoms with Crippen molar-refractivity contribution < 1.29 is 9.53 Å². The molecular weight excluding hydrogens is 184 g/mol. The van der Waals surface area contributed by atoms with Crippen LogP contribution in [0.2, 0.25) is 0 Å². The number of terminal acetylenes is 1. The molecule has 1 aliphatic rings. The highest BCUT2D eigenvalue weighted by Gasteiger charge is 2.24. The van der Waals surface area contributed by atoms with Crippen molar-refractivity contribution in [2.45, 2.75) is 38.4 Å². The molecule has 2 unspecified atom stereocenters. The van der Waals surface area contributed by atoms with E-state index >= 15 is 0 Å². The first-order chi connectivity index (χ1) is 6.22. The van der Waals surface area contributed by atoms with E-state index in [-0.39, 0.29) is 17.3 Å². The SMILES string of the molecule is C#CCC1CCC(CSC(C)=O)O1. The van der Waals surface area contributed by atoms with Crippen molar-refractivity contribution in [1.82, 2.24) is 0 Å². The molecule has 0 spiro atoms. The summed E-state index contributed by atoms with van der Waals surface area (Å²) >= 11 is 1.33. The van der Waals surface area contributed by atoms with Gasteiger partial charge in [0, 0.05) is 19.1 Å². The second-order valence-corrected chi connectivity index (χ2v) is 4.37. The van der Waals surface area contributed by atoms with Crippen molar-refractivity contribution in [3.8, 4) is 12.3 Å². The van der Waals surface area contributed by atoms with Crippen LogP contribution < -0.4 is 0 Å². The topological polar surface area (TPSA) is 26.3 Å². The van der Waals surface area contributed by atoms with Crippen molar-refractivity contribution in [3.63, 3.8) is 0 Å². The molecule has 0 amide bonds. The van der Waals surface area contributed by atoms with E-state index in [2.05, 4.69) is 5.92 Å². The average molecular weight is 198 g/mol. The van der Waals surface area contributed by atoms with Crippen LogP contribution in [0.15, 0.2) is 0 Å². The second kappa shape index (κ2) is 5.31. The zero-order valence-corrected chi connectivity index (χ0v) is 8.60. The van der Waals surface area contributed by atoms with Gasteiger partial charge in [-0.05, 0) is 12.8 Å². The zero-order valence-electron chi connectivity index (χ0n) is 7.79. The molecular formula is C10H14O2S. The van der Waals surface area contributed by atoms with Crippen LogP contribution in [-0.4, -0.2) is 23.1 Å². The number of hydrogen-bond donors (Lipinski definition) is 0. The summed E-state index contributed by atoms with van der Waals surface area (Å²) in [5.41, 5.74) is 0. The molecule has 2 nitrogen and oxygen atoms in total. The van der Waals surface area contributed by atoms with Crippen LogP contribution in [0.4, 0.5) is 0 Å². The highest BCUT2D eigenvalue weighted by Crippen LogP contribution is 2.24. The van der Waals surface area contributed by atoms with Gasteiger partial charge >= 0.3 is 0 Å². The molecule has 72 valence electrons. The van der Waals surface area contributed by atoms with Crippen molar-refractivity contribution in [2.75, 3.05) is 5.75 Å². The number of rotatable bonds is 3. The van der Waals surface area contributed by atoms with Gasteiger partial charge in [0.15, 0.2) is 5.12 Å². The van der Waals surface area contributed by atoms with Crippen molar-refractivity contribution >= 4 is 16.9 Å². The smallest absolute Gasteiger partial charge is 0.185 e. The van der Waals surface area contributed by atoms with E-state index < -0.39 is 0 Å². The first kappa shape index (κ1) is 10.6. The molecule has 0 radical (unpaired) electrons. The van der Waals surface area contributed by atoms with Crippen LogP contribution in [0, 0.1) is 12.3 Å². The predicted octanol–water partition coefficient (Wildman–Crippen LogP) is 1.84. The summed E-state index contributed by atoms with van der Waals surface area (Å²) in [5, 5.41) is 0.156. The lowest BCUT2D eigenvalue weighted by Crippen LogP contribution is -2.13. The largest absolute Gasteiger partial charge is 0.373 e. The van der Waals surface area contributed by atoms with Gasteiger partial charge in [0.25, 0.3) is 0 Å². The van der Waals surface area contributed by atoms with E-state index in [0.717, 1.165) is 18.6 Å². The standard InChI is InChI=1S/C10H14O2S/c1-3-4-9-5-6-10(12-9)7-13-8(2)11/h1,9-10H,4-7H2,2H3. The minimum absolute atomic E-state index is 0.156. The van der Waals surface area contributed by atoms with Gasteiger partial charge in [0.05, 0.1) is 12.2 Å². The van der Waals surface area contributed by atoms with Crippen LogP contribution in [0.5, 0.6) is 0 Å². The molecule has 0 bridgehead atoms. The lowest BCUT2D eigenvalue weighted by atomic mass is 10.2.